The van der Waals surface area contributed by atoms with Crippen LogP contribution in [-0.2, 0) is 24.1 Å². The number of benzene rings is 2. The third-order valence-electron chi connectivity index (χ3n) is 7.06. The number of carbonyl (C=O) groups is 1. The summed E-state index contributed by atoms with van der Waals surface area (Å²) >= 11 is 1.60. The lowest BCUT2D eigenvalue weighted by Crippen LogP contribution is -2.20. The molecule has 1 atom stereocenters. The van der Waals surface area contributed by atoms with Gasteiger partial charge in [0.05, 0.1) is 37.6 Å². The number of hydrogen-bond acceptors (Lipinski definition) is 7. The summed E-state index contributed by atoms with van der Waals surface area (Å²) in [5, 5.41) is 8.95. The Morgan fingerprint density at radius 2 is 1.82 bits per heavy atom. The lowest BCUT2D eigenvalue weighted by Gasteiger charge is -2.27. The molecule has 1 aliphatic carbocycles. The molecule has 8 heteroatoms. The zero-order valence-corrected chi connectivity index (χ0v) is 23.9. The van der Waals surface area contributed by atoms with Crippen molar-refractivity contribution in [2.45, 2.75) is 71.3 Å². The summed E-state index contributed by atoms with van der Waals surface area (Å²) < 4.78 is 24.7. The van der Waals surface area contributed by atoms with Gasteiger partial charge in [-0.1, -0.05) is 19.4 Å². The Morgan fingerprint density at radius 1 is 1.10 bits per heavy atom. The van der Waals surface area contributed by atoms with Gasteiger partial charge < -0.3 is 24.1 Å². The highest BCUT2D eigenvalue weighted by atomic mass is 32.1. The Balaban J connectivity index is 0.00000112. The van der Waals surface area contributed by atoms with Crippen LogP contribution in [0.5, 0.6) is 23.0 Å². The Hall–Kier alpha value is -3.26. The van der Waals surface area contributed by atoms with Crippen LogP contribution in [0.2, 0.25) is 0 Å². The van der Waals surface area contributed by atoms with Crippen molar-refractivity contribution in [1.82, 2.24) is 4.98 Å². The summed E-state index contributed by atoms with van der Waals surface area (Å²) in [4.78, 5) is 12.9. The molecule has 1 saturated carbocycles. The lowest BCUT2D eigenvalue weighted by atomic mass is 9.97. The van der Waals surface area contributed by atoms with E-state index in [9.17, 15) is 0 Å². The Labute approximate surface area is 235 Å². The number of rotatable bonds is 12. The van der Waals surface area contributed by atoms with Gasteiger partial charge in [-0.05, 0) is 75.1 Å². The van der Waals surface area contributed by atoms with Crippen LogP contribution in [0.3, 0.4) is 0 Å². The van der Waals surface area contributed by atoms with Crippen molar-refractivity contribution in [2.24, 2.45) is 5.92 Å². The maximum atomic E-state index is 8.36. The first kappa shape index (κ1) is 28.7. The minimum Gasteiger partial charge on any atom is -0.496 e. The van der Waals surface area contributed by atoms with Gasteiger partial charge in [0.25, 0.3) is 6.47 Å². The van der Waals surface area contributed by atoms with E-state index in [1.54, 1.807) is 18.4 Å². The van der Waals surface area contributed by atoms with Gasteiger partial charge in [0.1, 0.15) is 23.0 Å². The van der Waals surface area contributed by atoms with Gasteiger partial charge >= 0.3 is 0 Å². The fraction of sp³-hybridized carbons (Fsp3) is 0.484. The summed E-state index contributed by atoms with van der Waals surface area (Å²) in [6.45, 7) is 5.31. The van der Waals surface area contributed by atoms with Crippen LogP contribution in [0.4, 0.5) is 0 Å². The third kappa shape index (κ3) is 7.44. The predicted octanol–water partition coefficient (Wildman–Crippen LogP) is 6.99. The van der Waals surface area contributed by atoms with Gasteiger partial charge in [-0.15, -0.1) is 11.3 Å². The zero-order chi connectivity index (χ0) is 27.6. The summed E-state index contributed by atoms with van der Waals surface area (Å²) in [5.74, 6) is 4.55. The molecule has 0 radical (unpaired) electrons. The van der Waals surface area contributed by atoms with E-state index in [0.29, 0.717) is 13.2 Å². The van der Waals surface area contributed by atoms with Crippen LogP contribution in [0.15, 0.2) is 35.2 Å². The highest BCUT2D eigenvalue weighted by Crippen LogP contribution is 2.43. The van der Waals surface area contributed by atoms with Crippen LogP contribution in [0, 0.1) is 5.92 Å². The molecule has 1 aliphatic heterocycles. The van der Waals surface area contributed by atoms with E-state index in [1.807, 2.05) is 5.51 Å². The second-order valence-electron chi connectivity index (χ2n) is 10.0. The summed E-state index contributed by atoms with van der Waals surface area (Å²) in [6, 6.07) is 8.45. The predicted molar refractivity (Wildman–Crippen MR) is 154 cm³/mol. The maximum Gasteiger partial charge on any atom is 0.290 e. The molecule has 0 amide bonds. The lowest BCUT2D eigenvalue weighted by molar-refractivity contribution is -0.122. The van der Waals surface area contributed by atoms with E-state index >= 15 is 0 Å². The zero-order valence-electron chi connectivity index (χ0n) is 23.1. The molecule has 1 aromatic heterocycles. The smallest absolute Gasteiger partial charge is 0.290 e. The van der Waals surface area contributed by atoms with E-state index < -0.39 is 0 Å². The molecular formula is C31H39NO6S. The second kappa shape index (κ2) is 14.2. The number of aromatic nitrogens is 1. The first-order chi connectivity index (χ1) is 19.1. The van der Waals surface area contributed by atoms with Crippen molar-refractivity contribution in [2.75, 3.05) is 20.3 Å². The Bertz CT molecular complexity index is 1210. The molecule has 0 saturated heterocycles. The molecular weight excluding hydrogens is 514 g/mol. The van der Waals surface area contributed by atoms with Gasteiger partial charge in [-0.2, -0.15) is 0 Å². The molecule has 39 heavy (non-hydrogen) atoms. The van der Waals surface area contributed by atoms with Gasteiger partial charge in [-0.3, -0.25) is 4.79 Å². The van der Waals surface area contributed by atoms with Gasteiger partial charge in [-0.25, -0.2) is 4.98 Å². The van der Waals surface area contributed by atoms with Gasteiger partial charge in [0.15, 0.2) is 0 Å². The fourth-order valence-electron chi connectivity index (χ4n) is 5.00. The number of aryl methyl sites for hydroxylation is 1. The maximum absolute atomic E-state index is 8.36. The SMILES string of the molecule is CCCc1c(OCCCOc2ccc(-c3cscn3)c(OC)c2CC2CC2)ccc2c1OC(C)CC2.O=CO. The summed E-state index contributed by atoms with van der Waals surface area (Å²) in [6.07, 6.45) is 8.80. The average Bonchev–Trinajstić information content (AvgIpc) is 3.59. The number of methoxy groups -OCH3 is 1. The van der Waals surface area contributed by atoms with Crippen molar-refractivity contribution in [3.05, 3.63) is 51.8 Å². The molecule has 1 N–H and O–H groups in total. The van der Waals surface area contributed by atoms with Crippen molar-refractivity contribution in [1.29, 1.82) is 0 Å². The highest BCUT2D eigenvalue weighted by Gasteiger charge is 2.27. The number of carboxylic acid groups (broad SMARTS) is 1. The summed E-state index contributed by atoms with van der Waals surface area (Å²) in [5.41, 5.74) is 7.55. The molecule has 1 unspecified atom stereocenters. The monoisotopic (exact) mass is 553 g/mol. The molecule has 7 nitrogen and oxygen atoms in total. The standard InChI is InChI=1S/C30H37NO4S.CH2O2/c1-4-6-24-27(13-11-22-10-7-20(2)35-29(22)24)33-15-5-16-34-28-14-12-23(26-18-36-19-31-26)30(32-3)25(28)17-21-8-9-21;2-1-3/h11-14,18-21H,4-10,15-17H2,1-3H3;1H,(H,2,3). The van der Waals surface area contributed by atoms with E-state index in [-0.39, 0.29) is 12.6 Å². The number of ether oxygens (including phenoxy) is 4. The summed E-state index contributed by atoms with van der Waals surface area (Å²) in [7, 11) is 1.75. The number of thiazole rings is 1. The van der Waals surface area contributed by atoms with E-state index in [4.69, 9.17) is 28.8 Å². The number of nitrogens with zero attached hydrogens (tertiary/aromatic N) is 1. The molecule has 2 heterocycles. The molecule has 0 bridgehead atoms. The minimum absolute atomic E-state index is 0.250. The van der Waals surface area contributed by atoms with Crippen LogP contribution in [0.25, 0.3) is 11.3 Å². The molecule has 2 aliphatic rings. The van der Waals surface area contributed by atoms with Crippen LogP contribution < -0.4 is 18.9 Å². The first-order valence-electron chi connectivity index (χ1n) is 13.8. The quantitative estimate of drug-likeness (QED) is 0.191. The molecule has 3 aromatic rings. The Morgan fingerprint density at radius 3 is 2.46 bits per heavy atom. The molecule has 210 valence electrons. The van der Waals surface area contributed by atoms with Crippen LogP contribution in [-0.4, -0.2) is 43.0 Å². The van der Waals surface area contributed by atoms with Gasteiger partial charge in [0, 0.05) is 28.5 Å². The molecule has 1 fully saturated rings. The van der Waals surface area contributed by atoms with Crippen molar-refractivity contribution < 1.29 is 28.8 Å². The van der Waals surface area contributed by atoms with E-state index in [1.165, 1.54) is 24.0 Å². The highest BCUT2D eigenvalue weighted by molar-refractivity contribution is 7.07. The van der Waals surface area contributed by atoms with E-state index in [0.717, 1.165) is 84.3 Å². The first-order valence-corrected chi connectivity index (χ1v) is 14.8. The topological polar surface area (TPSA) is 87.1 Å². The fourth-order valence-corrected chi connectivity index (χ4v) is 5.55. The largest absolute Gasteiger partial charge is 0.496 e. The Kier molecular flexibility index (Phi) is 10.5. The molecule has 5 rings (SSSR count). The number of hydrogen-bond donors (Lipinski definition) is 1. The van der Waals surface area contributed by atoms with E-state index in [2.05, 4.69) is 48.5 Å². The average molecular weight is 554 g/mol. The van der Waals surface area contributed by atoms with Crippen LogP contribution >= 0.6 is 11.3 Å². The second-order valence-corrected chi connectivity index (χ2v) is 10.8. The van der Waals surface area contributed by atoms with Crippen molar-refractivity contribution in [3.63, 3.8) is 0 Å². The molecule has 2 aromatic carbocycles. The van der Waals surface area contributed by atoms with Crippen molar-refractivity contribution in [3.8, 4) is 34.3 Å². The van der Waals surface area contributed by atoms with Crippen molar-refractivity contribution >= 4 is 17.8 Å². The minimum atomic E-state index is -0.250. The van der Waals surface area contributed by atoms with Gasteiger partial charge in [0.2, 0.25) is 0 Å². The molecule has 0 spiro atoms. The number of fused-ring (bicyclic) bond motifs is 1. The van der Waals surface area contributed by atoms with Crippen LogP contribution in [0.1, 0.15) is 62.6 Å². The normalized spacial score (nSPS) is 15.8. The third-order valence-corrected chi connectivity index (χ3v) is 7.65.